The maximum atomic E-state index is 12.1. The highest BCUT2D eigenvalue weighted by atomic mass is 35.5. The zero-order valence-electron chi connectivity index (χ0n) is 12.8. The summed E-state index contributed by atoms with van der Waals surface area (Å²) in [5.41, 5.74) is 0.491. The highest BCUT2D eigenvalue weighted by molar-refractivity contribution is 5.85. The maximum Gasteiger partial charge on any atom is 0.224 e. The number of ether oxygens (including phenoxy) is 1. The van der Waals surface area contributed by atoms with Gasteiger partial charge >= 0.3 is 0 Å². The van der Waals surface area contributed by atoms with Crippen LogP contribution in [0.1, 0.15) is 39.5 Å². The lowest BCUT2D eigenvalue weighted by molar-refractivity contribution is -0.134. The van der Waals surface area contributed by atoms with Gasteiger partial charge in [-0.1, -0.05) is 13.8 Å². The Morgan fingerprint density at radius 3 is 2.55 bits per heavy atom. The summed E-state index contributed by atoms with van der Waals surface area (Å²) in [5, 5.41) is 3.46. The molecule has 0 saturated carbocycles. The lowest BCUT2D eigenvalue weighted by Gasteiger charge is -2.39. The van der Waals surface area contributed by atoms with Crippen molar-refractivity contribution >= 4 is 18.3 Å². The third-order valence-corrected chi connectivity index (χ3v) is 4.42. The van der Waals surface area contributed by atoms with Crippen LogP contribution in [0, 0.1) is 11.3 Å². The monoisotopic (exact) mass is 304 g/mol. The molecule has 0 aromatic rings. The van der Waals surface area contributed by atoms with E-state index in [0.29, 0.717) is 24.4 Å². The summed E-state index contributed by atoms with van der Waals surface area (Å²) in [5.74, 6) is 0.810. The van der Waals surface area contributed by atoms with Crippen molar-refractivity contribution in [2.75, 3.05) is 39.4 Å². The highest BCUT2D eigenvalue weighted by Crippen LogP contribution is 2.36. The quantitative estimate of drug-likeness (QED) is 0.791. The SMILES string of the molecule is CC(C)COCCC(=O)N1CCC2(CCNC2)CC1.Cl. The van der Waals surface area contributed by atoms with Crippen molar-refractivity contribution in [3.8, 4) is 0 Å². The predicted molar refractivity (Wildman–Crippen MR) is 83.3 cm³/mol. The van der Waals surface area contributed by atoms with Crippen molar-refractivity contribution in [2.45, 2.75) is 39.5 Å². The van der Waals surface area contributed by atoms with Crippen molar-refractivity contribution in [1.82, 2.24) is 10.2 Å². The Bertz CT molecular complexity index is 294. The summed E-state index contributed by atoms with van der Waals surface area (Å²) in [7, 11) is 0. The Kier molecular flexibility index (Phi) is 7.27. The van der Waals surface area contributed by atoms with E-state index < -0.39 is 0 Å². The highest BCUT2D eigenvalue weighted by Gasteiger charge is 2.37. The van der Waals surface area contributed by atoms with Gasteiger partial charge in [0.1, 0.15) is 0 Å². The maximum absolute atomic E-state index is 12.1. The van der Waals surface area contributed by atoms with Gasteiger partial charge in [0.25, 0.3) is 0 Å². The summed E-state index contributed by atoms with van der Waals surface area (Å²) in [6.45, 7) is 9.74. The number of nitrogens with one attached hydrogen (secondary N) is 1. The second-order valence-corrected chi connectivity index (χ2v) is 6.53. The fourth-order valence-corrected chi connectivity index (χ4v) is 3.09. The minimum absolute atomic E-state index is 0. The lowest BCUT2D eigenvalue weighted by Crippen LogP contribution is -2.44. The average Bonchev–Trinajstić information content (AvgIpc) is 2.83. The van der Waals surface area contributed by atoms with Gasteiger partial charge in [0.05, 0.1) is 13.0 Å². The third kappa shape index (κ3) is 4.90. The van der Waals surface area contributed by atoms with E-state index in [4.69, 9.17) is 4.74 Å². The molecule has 0 bridgehead atoms. The summed E-state index contributed by atoms with van der Waals surface area (Å²) in [6, 6.07) is 0. The lowest BCUT2D eigenvalue weighted by atomic mass is 9.78. The Labute approximate surface area is 129 Å². The molecule has 1 spiro atoms. The molecule has 118 valence electrons. The van der Waals surface area contributed by atoms with Gasteiger partial charge in [0.2, 0.25) is 5.91 Å². The number of hydrogen-bond donors (Lipinski definition) is 1. The largest absolute Gasteiger partial charge is 0.381 e. The third-order valence-electron chi connectivity index (χ3n) is 4.42. The van der Waals surface area contributed by atoms with Crippen LogP contribution in [0.25, 0.3) is 0 Å². The Morgan fingerprint density at radius 2 is 2.00 bits per heavy atom. The fraction of sp³-hybridized carbons (Fsp3) is 0.933. The van der Waals surface area contributed by atoms with Gasteiger partial charge in [-0.3, -0.25) is 4.79 Å². The van der Waals surface area contributed by atoms with Crippen LogP contribution in [0.5, 0.6) is 0 Å². The van der Waals surface area contributed by atoms with Crippen LogP contribution in [0.15, 0.2) is 0 Å². The summed E-state index contributed by atoms with van der Waals surface area (Å²) < 4.78 is 5.49. The van der Waals surface area contributed by atoms with E-state index in [1.54, 1.807) is 0 Å². The number of carbonyl (C=O) groups is 1. The number of nitrogens with zero attached hydrogens (tertiary/aromatic N) is 1. The first-order valence-corrected chi connectivity index (χ1v) is 7.68. The van der Waals surface area contributed by atoms with Crippen LogP contribution >= 0.6 is 12.4 Å². The molecular weight excluding hydrogens is 276 g/mol. The van der Waals surface area contributed by atoms with Crippen molar-refractivity contribution in [1.29, 1.82) is 0 Å². The zero-order chi connectivity index (χ0) is 13.7. The molecule has 0 aromatic carbocycles. The van der Waals surface area contributed by atoms with E-state index in [-0.39, 0.29) is 18.3 Å². The molecule has 0 aliphatic carbocycles. The zero-order valence-corrected chi connectivity index (χ0v) is 13.6. The van der Waals surface area contributed by atoms with Crippen LogP contribution < -0.4 is 5.32 Å². The van der Waals surface area contributed by atoms with Gasteiger partial charge in [-0.15, -0.1) is 12.4 Å². The normalized spacial score (nSPS) is 21.2. The first-order chi connectivity index (χ1) is 9.11. The van der Waals surface area contributed by atoms with Gasteiger partial charge < -0.3 is 15.0 Å². The molecule has 0 radical (unpaired) electrons. The van der Waals surface area contributed by atoms with Gasteiger partial charge in [-0.2, -0.15) is 0 Å². The molecule has 0 atom stereocenters. The smallest absolute Gasteiger partial charge is 0.224 e. The van der Waals surface area contributed by atoms with Crippen LogP contribution in [0.2, 0.25) is 0 Å². The number of amides is 1. The second-order valence-electron chi connectivity index (χ2n) is 6.53. The number of piperidine rings is 1. The molecule has 1 N–H and O–H groups in total. The molecule has 20 heavy (non-hydrogen) atoms. The molecule has 4 nitrogen and oxygen atoms in total. The van der Waals surface area contributed by atoms with E-state index in [0.717, 1.165) is 32.8 Å². The van der Waals surface area contributed by atoms with Crippen LogP contribution in [0.3, 0.4) is 0 Å². The number of rotatable bonds is 5. The molecule has 2 heterocycles. The number of halogens is 1. The number of carbonyl (C=O) groups excluding carboxylic acids is 1. The second kappa shape index (κ2) is 8.20. The van der Waals surface area contributed by atoms with Gasteiger partial charge in [0, 0.05) is 26.2 Å². The molecule has 5 heteroatoms. The predicted octanol–water partition coefficient (Wildman–Crippen LogP) is 2.07. The minimum atomic E-state index is 0. The first kappa shape index (κ1) is 17.7. The van der Waals surface area contributed by atoms with Crippen molar-refractivity contribution in [3.05, 3.63) is 0 Å². The Hall–Kier alpha value is -0.320. The summed E-state index contributed by atoms with van der Waals surface area (Å²) in [6.07, 6.45) is 4.15. The molecule has 2 saturated heterocycles. The van der Waals surface area contributed by atoms with Crippen LogP contribution in [-0.4, -0.2) is 50.2 Å². The fourth-order valence-electron chi connectivity index (χ4n) is 3.09. The molecule has 2 aliphatic heterocycles. The topological polar surface area (TPSA) is 41.6 Å². The van der Waals surface area contributed by atoms with Crippen molar-refractivity contribution in [2.24, 2.45) is 11.3 Å². The summed E-state index contributed by atoms with van der Waals surface area (Å²) in [4.78, 5) is 14.1. The van der Waals surface area contributed by atoms with E-state index in [1.807, 2.05) is 4.90 Å². The van der Waals surface area contributed by atoms with Crippen molar-refractivity contribution in [3.63, 3.8) is 0 Å². The molecule has 2 fully saturated rings. The van der Waals surface area contributed by atoms with Crippen LogP contribution in [0.4, 0.5) is 0 Å². The Balaban J connectivity index is 0.00000200. The van der Waals surface area contributed by atoms with Gasteiger partial charge in [-0.05, 0) is 37.1 Å². The number of likely N-dealkylation sites (tertiary alicyclic amines) is 1. The Morgan fingerprint density at radius 1 is 1.30 bits per heavy atom. The van der Waals surface area contributed by atoms with E-state index in [2.05, 4.69) is 19.2 Å². The molecular formula is C15H29ClN2O2. The standard InChI is InChI=1S/C15H28N2O2.ClH/c1-13(2)11-19-10-3-14(18)17-8-5-15(6-9-17)4-7-16-12-15;/h13,16H,3-12H2,1-2H3;1H. The van der Waals surface area contributed by atoms with E-state index >= 15 is 0 Å². The molecule has 1 amide bonds. The number of hydrogen-bond acceptors (Lipinski definition) is 3. The average molecular weight is 305 g/mol. The molecule has 0 unspecified atom stereocenters. The minimum Gasteiger partial charge on any atom is -0.381 e. The molecule has 2 aliphatic rings. The first-order valence-electron chi connectivity index (χ1n) is 7.68. The van der Waals surface area contributed by atoms with Crippen LogP contribution in [-0.2, 0) is 9.53 Å². The van der Waals surface area contributed by atoms with E-state index in [9.17, 15) is 4.79 Å². The molecule has 2 rings (SSSR count). The van der Waals surface area contributed by atoms with Crippen molar-refractivity contribution < 1.29 is 9.53 Å². The molecule has 0 aromatic heterocycles. The van der Waals surface area contributed by atoms with Gasteiger partial charge in [-0.25, -0.2) is 0 Å². The van der Waals surface area contributed by atoms with E-state index in [1.165, 1.54) is 19.3 Å². The summed E-state index contributed by atoms with van der Waals surface area (Å²) >= 11 is 0. The van der Waals surface area contributed by atoms with Gasteiger partial charge in [0.15, 0.2) is 0 Å².